The fourth-order valence-corrected chi connectivity index (χ4v) is 2.49. The van der Waals surface area contributed by atoms with Gasteiger partial charge in [0.1, 0.15) is 5.56 Å². The Bertz CT molecular complexity index is 917. The molecular formula is C18H25N4O3+. The van der Waals surface area contributed by atoms with Crippen LogP contribution in [0.5, 0.6) is 5.88 Å². The van der Waals surface area contributed by atoms with Crippen LogP contribution in [0.4, 0.5) is 0 Å². The van der Waals surface area contributed by atoms with E-state index >= 15 is 0 Å². The molecule has 1 aromatic heterocycles. The van der Waals surface area contributed by atoms with E-state index < -0.39 is 17.1 Å². The Morgan fingerprint density at radius 2 is 1.88 bits per heavy atom. The highest BCUT2D eigenvalue weighted by atomic mass is 16.3. The van der Waals surface area contributed by atoms with Crippen molar-refractivity contribution in [2.75, 3.05) is 34.2 Å². The topological polar surface area (TPSA) is 87.4 Å². The molecule has 0 saturated carbocycles. The van der Waals surface area contributed by atoms with Crippen LogP contribution in [0.2, 0.25) is 0 Å². The predicted octanol–water partition coefficient (Wildman–Crippen LogP) is 1.06. The van der Waals surface area contributed by atoms with E-state index in [1.807, 2.05) is 40.2 Å². The van der Waals surface area contributed by atoms with Gasteiger partial charge in [0.25, 0.3) is 5.56 Å². The Kier molecular flexibility index (Phi) is 5.27. The molecule has 0 unspecified atom stereocenters. The number of aromatic nitrogens is 2. The molecule has 2 rings (SSSR count). The first-order valence-corrected chi connectivity index (χ1v) is 8.08. The van der Waals surface area contributed by atoms with Gasteiger partial charge in [-0.25, -0.2) is 9.36 Å². The summed E-state index contributed by atoms with van der Waals surface area (Å²) in [5.41, 5.74) is 0.413. The van der Waals surface area contributed by atoms with Crippen LogP contribution in [0.15, 0.2) is 38.8 Å². The standard InChI is InChI=1S/C18H24N4O3/c1-12-8-6-7-9-14(12)21-17(24)15(16(23)20-18(21)25)13(2)19-10-11-22(3,4)5/h6-9H,10-11H2,1-5H3,(H-,19,20,23,24,25)/p+1. The molecule has 134 valence electrons. The number of para-hydroxylation sites is 1. The van der Waals surface area contributed by atoms with E-state index in [4.69, 9.17) is 0 Å². The quantitative estimate of drug-likeness (QED) is 0.627. The SMILES string of the molecule is CC(=NCC[N+](C)(C)C)c1c(O)n(-c2ccccc2C)c(=O)[nH]c1=O. The summed E-state index contributed by atoms with van der Waals surface area (Å²) in [6.07, 6.45) is 0. The highest BCUT2D eigenvalue weighted by molar-refractivity contribution is 6.00. The number of aromatic hydroxyl groups is 1. The summed E-state index contributed by atoms with van der Waals surface area (Å²) in [5, 5.41) is 10.6. The number of H-pyrrole nitrogens is 1. The van der Waals surface area contributed by atoms with Gasteiger partial charge in [-0.15, -0.1) is 0 Å². The number of benzene rings is 1. The second-order valence-electron chi connectivity index (χ2n) is 7.06. The van der Waals surface area contributed by atoms with Gasteiger partial charge in [0, 0.05) is 0 Å². The zero-order valence-corrected chi connectivity index (χ0v) is 15.3. The van der Waals surface area contributed by atoms with E-state index in [0.717, 1.165) is 21.2 Å². The van der Waals surface area contributed by atoms with E-state index in [1.165, 1.54) is 0 Å². The number of aryl methyl sites for hydroxylation is 1. The first kappa shape index (κ1) is 18.7. The molecule has 0 atom stereocenters. The third-order valence-corrected chi connectivity index (χ3v) is 3.92. The molecule has 1 aromatic carbocycles. The molecular weight excluding hydrogens is 320 g/mol. The predicted molar refractivity (Wildman–Crippen MR) is 99.0 cm³/mol. The number of quaternary nitrogens is 1. The summed E-state index contributed by atoms with van der Waals surface area (Å²) >= 11 is 0. The average Bonchev–Trinajstić information content (AvgIpc) is 2.47. The van der Waals surface area contributed by atoms with Crippen molar-refractivity contribution >= 4 is 5.71 Å². The van der Waals surface area contributed by atoms with Gasteiger partial charge in [-0.05, 0) is 25.5 Å². The van der Waals surface area contributed by atoms with E-state index in [0.29, 0.717) is 17.9 Å². The number of rotatable bonds is 5. The average molecular weight is 345 g/mol. The molecule has 2 aromatic rings. The molecule has 1 heterocycles. The molecule has 0 aliphatic heterocycles. The van der Waals surface area contributed by atoms with Crippen molar-refractivity contribution in [3.8, 4) is 11.6 Å². The van der Waals surface area contributed by atoms with Crippen molar-refractivity contribution in [2.24, 2.45) is 4.99 Å². The maximum Gasteiger partial charge on any atom is 0.335 e. The molecule has 0 amide bonds. The van der Waals surface area contributed by atoms with Crippen molar-refractivity contribution in [3.63, 3.8) is 0 Å². The summed E-state index contributed by atoms with van der Waals surface area (Å²) in [7, 11) is 6.15. The van der Waals surface area contributed by atoms with Gasteiger partial charge >= 0.3 is 5.69 Å². The van der Waals surface area contributed by atoms with E-state index in [-0.39, 0.29) is 5.56 Å². The van der Waals surface area contributed by atoms with Crippen LogP contribution in [0.3, 0.4) is 0 Å². The third-order valence-electron chi connectivity index (χ3n) is 3.92. The summed E-state index contributed by atoms with van der Waals surface area (Å²) in [4.78, 5) is 31.1. The Balaban J connectivity index is 2.56. The number of nitrogens with zero attached hydrogens (tertiary/aromatic N) is 3. The van der Waals surface area contributed by atoms with Gasteiger partial charge < -0.3 is 9.59 Å². The van der Waals surface area contributed by atoms with Crippen LogP contribution in [-0.2, 0) is 0 Å². The number of hydrogen-bond acceptors (Lipinski definition) is 4. The summed E-state index contributed by atoms with van der Waals surface area (Å²) < 4.78 is 1.84. The Morgan fingerprint density at radius 3 is 2.48 bits per heavy atom. The van der Waals surface area contributed by atoms with Gasteiger partial charge in [-0.1, -0.05) is 18.2 Å². The number of likely N-dealkylation sites (N-methyl/N-ethyl adjacent to an activating group) is 1. The maximum atomic E-state index is 12.2. The number of aromatic amines is 1. The minimum atomic E-state index is -0.681. The van der Waals surface area contributed by atoms with Crippen LogP contribution >= 0.6 is 0 Å². The zero-order valence-electron chi connectivity index (χ0n) is 15.3. The fraction of sp³-hybridized carbons (Fsp3) is 0.389. The number of hydrogen-bond donors (Lipinski definition) is 2. The Morgan fingerprint density at radius 1 is 1.24 bits per heavy atom. The molecule has 0 spiro atoms. The van der Waals surface area contributed by atoms with Crippen molar-refractivity contribution in [3.05, 3.63) is 56.2 Å². The Labute approximate surface area is 146 Å². The zero-order chi connectivity index (χ0) is 18.8. The highest BCUT2D eigenvalue weighted by Gasteiger charge is 2.18. The lowest BCUT2D eigenvalue weighted by Crippen LogP contribution is -2.37. The van der Waals surface area contributed by atoms with E-state index in [2.05, 4.69) is 9.98 Å². The van der Waals surface area contributed by atoms with Crippen LogP contribution < -0.4 is 11.2 Å². The van der Waals surface area contributed by atoms with Gasteiger partial charge in [-0.3, -0.25) is 14.8 Å². The smallest absolute Gasteiger partial charge is 0.335 e. The summed E-state index contributed by atoms with van der Waals surface area (Å²) in [5.74, 6) is -0.394. The molecule has 0 radical (unpaired) electrons. The monoisotopic (exact) mass is 345 g/mol. The first-order chi connectivity index (χ1) is 11.6. The molecule has 0 aliphatic carbocycles. The van der Waals surface area contributed by atoms with Crippen molar-refractivity contribution < 1.29 is 9.59 Å². The molecule has 0 saturated heterocycles. The molecule has 0 bridgehead atoms. The molecule has 0 fully saturated rings. The number of aliphatic imine (C=N–C) groups is 1. The lowest BCUT2D eigenvalue weighted by atomic mass is 10.1. The van der Waals surface area contributed by atoms with Gasteiger partial charge in [0.2, 0.25) is 5.88 Å². The highest BCUT2D eigenvalue weighted by Crippen LogP contribution is 2.19. The molecule has 7 heteroatoms. The normalized spacial score (nSPS) is 12.4. The Hall–Kier alpha value is -2.67. The molecule has 2 N–H and O–H groups in total. The van der Waals surface area contributed by atoms with Gasteiger partial charge in [0.15, 0.2) is 0 Å². The van der Waals surface area contributed by atoms with Gasteiger partial charge in [0.05, 0.1) is 45.6 Å². The third kappa shape index (κ3) is 4.24. The van der Waals surface area contributed by atoms with E-state index in [1.54, 1.807) is 19.1 Å². The lowest BCUT2D eigenvalue weighted by molar-refractivity contribution is -0.868. The van der Waals surface area contributed by atoms with Crippen LogP contribution in [0.1, 0.15) is 18.1 Å². The minimum Gasteiger partial charge on any atom is -0.493 e. The fourth-order valence-electron chi connectivity index (χ4n) is 2.49. The van der Waals surface area contributed by atoms with Crippen LogP contribution in [0, 0.1) is 6.92 Å². The van der Waals surface area contributed by atoms with E-state index in [9.17, 15) is 14.7 Å². The van der Waals surface area contributed by atoms with Gasteiger partial charge in [-0.2, -0.15) is 0 Å². The van der Waals surface area contributed by atoms with Crippen LogP contribution in [-0.4, -0.2) is 59.1 Å². The molecule has 7 nitrogen and oxygen atoms in total. The van der Waals surface area contributed by atoms with Crippen molar-refractivity contribution in [1.29, 1.82) is 0 Å². The van der Waals surface area contributed by atoms with Crippen molar-refractivity contribution in [2.45, 2.75) is 13.8 Å². The molecule has 25 heavy (non-hydrogen) atoms. The van der Waals surface area contributed by atoms with Crippen molar-refractivity contribution in [1.82, 2.24) is 9.55 Å². The summed E-state index contributed by atoms with van der Waals surface area (Å²) in [6, 6.07) is 7.14. The summed E-state index contributed by atoms with van der Waals surface area (Å²) in [6.45, 7) is 4.78. The first-order valence-electron chi connectivity index (χ1n) is 8.08. The molecule has 0 aliphatic rings. The largest absolute Gasteiger partial charge is 0.493 e. The maximum absolute atomic E-state index is 12.2. The second-order valence-corrected chi connectivity index (χ2v) is 7.06. The number of nitrogens with one attached hydrogen (secondary N) is 1. The minimum absolute atomic E-state index is 0.0178. The van der Waals surface area contributed by atoms with Crippen LogP contribution in [0.25, 0.3) is 5.69 Å². The lowest BCUT2D eigenvalue weighted by Gasteiger charge is -2.22. The second kappa shape index (κ2) is 7.06.